The summed E-state index contributed by atoms with van der Waals surface area (Å²) in [6.07, 6.45) is -21.6. The van der Waals surface area contributed by atoms with E-state index >= 15 is 0 Å². The van der Waals surface area contributed by atoms with E-state index in [0.717, 1.165) is 50.5 Å². The van der Waals surface area contributed by atoms with Crippen LogP contribution in [0, 0.1) is 50.7 Å². The molecule has 5 aliphatic heterocycles. The lowest BCUT2D eigenvalue weighted by molar-refractivity contribution is -0.398. The van der Waals surface area contributed by atoms with E-state index in [1.54, 1.807) is 7.11 Å². The zero-order valence-corrected chi connectivity index (χ0v) is 46.2. The van der Waals surface area contributed by atoms with Gasteiger partial charge in [0.25, 0.3) is 0 Å². The minimum atomic E-state index is -1.88. The van der Waals surface area contributed by atoms with Gasteiger partial charge in [0.05, 0.1) is 44.7 Å². The van der Waals surface area contributed by atoms with Crippen molar-refractivity contribution in [2.75, 3.05) is 33.5 Å². The summed E-state index contributed by atoms with van der Waals surface area (Å²) in [5.74, 6) is 0.0443. The van der Waals surface area contributed by atoms with Crippen molar-refractivity contribution in [2.45, 2.75) is 247 Å². The van der Waals surface area contributed by atoms with Crippen LogP contribution >= 0.6 is 0 Å². The Hall–Kier alpha value is -1.18. The first-order valence-electron chi connectivity index (χ1n) is 28.5. The van der Waals surface area contributed by atoms with Gasteiger partial charge in [0, 0.05) is 19.4 Å². The predicted octanol–water partition coefficient (Wildman–Crippen LogP) is -1.57. The van der Waals surface area contributed by atoms with E-state index in [2.05, 4.69) is 34.6 Å². The van der Waals surface area contributed by atoms with E-state index in [1.807, 2.05) is 13.0 Å². The minimum absolute atomic E-state index is 0.00247. The third kappa shape index (κ3) is 9.26. The highest BCUT2D eigenvalue weighted by atomic mass is 16.8. The number of hydrogen-bond acceptors (Lipinski definition) is 23. The van der Waals surface area contributed by atoms with Crippen molar-refractivity contribution in [1.29, 1.82) is 0 Å². The molecule has 10 aliphatic rings. The molecule has 448 valence electrons. The number of aliphatic hydroxyl groups is 13. The Morgan fingerprint density at radius 2 is 1.09 bits per heavy atom. The Morgan fingerprint density at radius 3 is 1.72 bits per heavy atom. The molecule has 23 nitrogen and oxygen atoms in total. The number of ether oxygens (including phenoxy) is 10. The summed E-state index contributed by atoms with van der Waals surface area (Å²) < 4.78 is 62.9. The fourth-order valence-electron chi connectivity index (χ4n) is 18.1. The fourth-order valence-corrected chi connectivity index (χ4v) is 18.1. The lowest BCUT2D eigenvalue weighted by Crippen LogP contribution is -2.67. The van der Waals surface area contributed by atoms with E-state index in [1.165, 1.54) is 6.92 Å². The van der Waals surface area contributed by atoms with Crippen molar-refractivity contribution in [2.24, 2.45) is 50.7 Å². The Morgan fingerprint density at radius 1 is 0.551 bits per heavy atom. The van der Waals surface area contributed by atoms with Crippen LogP contribution in [0.4, 0.5) is 0 Å². The molecule has 10 fully saturated rings. The maximum atomic E-state index is 11.8. The SMILES string of the molecule is COC12CC3(C)C4CCC5C(C)(C)C(OC6OC(CO)C(O)C(OC7OC(CO)C(O)C(O)C7O)C6OC6OC(C)C(O)C(O)C6O)CCC56CC46CCC3(C)C1C(C)CC(C=C(C)COC1OC(CO)C(O)C(O)C1O)O2. The van der Waals surface area contributed by atoms with Gasteiger partial charge in [-0.05, 0) is 116 Å². The molecule has 13 N–H and O–H groups in total. The first-order valence-corrected chi connectivity index (χ1v) is 28.5. The molecule has 10 rings (SSSR count). The molecule has 0 radical (unpaired) electrons. The van der Waals surface area contributed by atoms with Crippen LogP contribution in [0.25, 0.3) is 0 Å². The van der Waals surface area contributed by atoms with Crippen molar-refractivity contribution >= 4 is 0 Å². The summed E-state index contributed by atoms with van der Waals surface area (Å²) in [5.41, 5.74) is 0.110. The fraction of sp³-hybridized carbons (Fsp3) is 0.964. The smallest absolute Gasteiger partial charge is 0.187 e. The molecule has 0 bridgehead atoms. The molecule has 5 saturated carbocycles. The molecule has 2 spiro atoms. The zero-order valence-electron chi connectivity index (χ0n) is 46.2. The van der Waals surface area contributed by atoms with Crippen LogP contribution in [0.5, 0.6) is 0 Å². The third-order valence-corrected chi connectivity index (χ3v) is 22.1. The molecule has 5 heterocycles. The average Bonchev–Trinajstić information content (AvgIpc) is 4.12. The quantitative estimate of drug-likeness (QED) is 0.0690. The van der Waals surface area contributed by atoms with Crippen molar-refractivity contribution in [3.8, 4) is 0 Å². The second-order valence-corrected chi connectivity index (χ2v) is 26.3. The summed E-state index contributed by atoms with van der Waals surface area (Å²) in [4.78, 5) is 0. The third-order valence-electron chi connectivity index (χ3n) is 22.1. The normalized spacial score (nSPS) is 56.7. The van der Waals surface area contributed by atoms with Gasteiger partial charge in [0.2, 0.25) is 0 Å². The summed E-state index contributed by atoms with van der Waals surface area (Å²) in [6.45, 7) is 13.1. The molecule has 0 amide bonds. The molecule has 0 aromatic rings. The first kappa shape index (κ1) is 60.0. The molecule has 5 saturated heterocycles. The maximum Gasteiger partial charge on any atom is 0.187 e. The maximum absolute atomic E-state index is 11.8. The van der Waals surface area contributed by atoms with E-state index in [4.69, 9.17) is 47.4 Å². The van der Waals surface area contributed by atoms with E-state index in [9.17, 15) is 66.4 Å². The van der Waals surface area contributed by atoms with Crippen LogP contribution in [0.15, 0.2) is 11.6 Å². The molecule has 0 aromatic carbocycles. The highest BCUT2D eigenvalue weighted by Crippen LogP contribution is 2.90. The van der Waals surface area contributed by atoms with Gasteiger partial charge < -0.3 is 114 Å². The molecular formula is C55H90O23. The standard InChI is InChI=1S/C55H90O23/c1-23(20-70-46-40(66)38(64)34(60)27(17-56)72-46)15-26-16-24(2)45-51(6)13-14-54-22-53(54)12-11-32(50(4,5)30(53)9-10-31(54)52(51,7)21-55(45,69-8)78-26)75-49-44(77-47-41(67)37(63)33(59)25(3)71-47)43(36(62)29(19-58)74-49)76-48-42(68)39(65)35(61)28(18-57)73-48/h15,24-49,56-68H,9-14,16-22H2,1-8H3. The number of fused-ring (bicyclic) bond motifs is 4. The molecule has 23 heteroatoms. The van der Waals surface area contributed by atoms with Crippen LogP contribution in [-0.2, 0) is 47.4 Å². The van der Waals surface area contributed by atoms with E-state index < -0.39 is 160 Å². The van der Waals surface area contributed by atoms with E-state index in [-0.39, 0.29) is 52.1 Å². The van der Waals surface area contributed by atoms with Crippen LogP contribution in [0.3, 0.4) is 0 Å². The van der Waals surface area contributed by atoms with Crippen LogP contribution in [0.2, 0.25) is 0 Å². The molecular weight excluding hydrogens is 1030 g/mol. The Bertz CT molecular complexity index is 2140. The van der Waals surface area contributed by atoms with Gasteiger partial charge in [-0.1, -0.05) is 40.7 Å². The van der Waals surface area contributed by atoms with Gasteiger partial charge in [0.15, 0.2) is 30.9 Å². The van der Waals surface area contributed by atoms with Crippen molar-refractivity contribution in [3.05, 3.63) is 11.6 Å². The Balaban J connectivity index is 0.874. The van der Waals surface area contributed by atoms with Crippen LogP contribution in [-0.4, -0.2) is 241 Å². The number of hydrogen-bond donors (Lipinski definition) is 13. The van der Waals surface area contributed by atoms with Gasteiger partial charge in [-0.25, -0.2) is 0 Å². The summed E-state index contributed by atoms with van der Waals surface area (Å²) in [6, 6.07) is 0. The highest BCUT2D eigenvalue weighted by Gasteiger charge is 2.85. The monoisotopic (exact) mass is 1120 g/mol. The lowest BCUT2D eigenvalue weighted by atomic mass is 9.41. The van der Waals surface area contributed by atoms with Crippen molar-refractivity contribution in [1.82, 2.24) is 0 Å². The van der Waals surface area contributed by atoms with E-state index in [0.29, 0.717) is 18.8 Å². The van der Waals surface area contributed by atoms with Crippen molar-refractivity contribution in [3.63, 3.8) is 0 Å². The van der Waals surface area contributed by atoms with Crippen molar-refractivity contribution < 1.29 is 114 Å². The second kappa shape index (κ2) is 21.7. The predicted molar refractivity (Wildman–Crippen MR) is 267 cm³/mol. The molecule has 78 heavy (non-hydrogen) atoms. The lowest BCUT2D eigenvalue weighted by Gasteiger charge is -2.63. The number of rotatable bonds is 14. The van der Waals surface area contributed by atoms with Gasteiger partial charge in [-0.3, -0.25) is 0 Å². The molecule has 0 aromatic heterocycles. The summed E-state index contributed by atoms with van der Waals surface area (Å²) in [7, 11) is 1.76. The average molecular weight is 1120 g/mol. The first-order chi connectivity index (χ1) is 36.7. The second-order valence-electron chi connectivity index (χ2n) is 26.3. The number of methoxy groups -OCH3 is 1. The van der Waals surface area contributed by atoms with Gasteiger partial charge in [-0.15, -0.1) is 0 Å². The van der Waals surface area contributed by atoms with Gasteiger partial charge >= 0.3 is 0 Å². The highest BCUT2D eigenvalue weighted by molar-refractivity contribution is 5.32. The summed E-state index contributed by atoms with van der Waals surface area (Å²) >= 11 is 0. The Kier molecular flexibility index (Phi) is 16.7. The molecule has 31 atom stereocenters. The topological polar surface area (TPSA) is 355 Å². The summed E-state index contributed by atoms with van der Waals surface area (Å²) in [5, 5.41) is 138. The molecule has 5 aliphatic carbocycles. The molecule has 31 unspecified atom stereocenters. The number of aliphatic hydroxyl groups excluding tert-OH is 13. The van der Waals surface area contributed by atoms with Gasteiger partial charge in [0.1, 0.15) is 91.6 Å². The zero-order chi connectivity index (χ0) is 56.6. The van der Waals surface area contributed by atoms with Crippen LogP contribution in [0.1, 0.15) is 106 Å². The largest absolute Gasteiger partial charge is 0.394 e. The minimum Gasteiger partial charge on any atom is -0.394 e. The van der Waals surface area contributed by atoms with Gasteiger partial charge in [-0.2, -0.15) is 0 Å². The Labute approximate surface area is 455 Å². The van der Waals surface area contributed by atoms with Crippen LogP contribution < -0.4 is 0 Å².